The first-order chi connectivity index (χ1) is 8.37. The van der Waals surface area contributed by atoms with Gasteiger partial charge in [0, 0.05) is 0 Å². The van der Waals surface area contributed by atoms with E-state index in [0.717, 1.165) is 6.33 Å². The van der Waals surface area contributed by atoms with Crippen LogP contribution in [0.1, 0.15) is 6.23 Å². The van der Waals surface area contributed by atoms with Crippen molar-refractivity contribution in [1.29, 1.82) is 0 Å². The molecule has 2 rings (SSSR count). The van der Waals surface area contributed by atoms with Gasteiger partial charge in [-0.05, 0) is 0 Å². The summed E-state index contributed by atoms with van der Waals surface area (Å²) in [5, 5.41) is 18.1. The molecule has 1 saturated heterocycles. The predicted octanol–water partition coefficient (Wildman–Crippen LogP) is -1.89. The second-order valence-electron chi connectivity index (χ2n) is 3.73. The molecular weight excluding hydrogens is 254 g/mol. The van der Waals surface area contributed by atoms with Crippen molar-refractivity contribution in [3.8, 4) is 0 Å². The second kappa shape index (κ2) is 4.23. The molecule has 100 valence electrons. The average molecular weight is 264 g/mol. The molecule has 1 fully saturated rings. The molecule has 10 heteroatoms. The van der Waals surface area contributed by atoms with Crippen molar-refractivity contribution in [1.82, 2.24) is 14.5 Å². The fourth-order valence-corrected chi connectivity index (χ4v) is 1.63. The lowest BCUT2D eigenvalue weighted by Crippen LogP contribution is -2.42. The van der Waals surface area contributed by atoms with Crippen molar-refractivity contribution in [2.24, 2.45) is 0 Å². The molecule has 3 atom stereocenters. The van der Waals surface area contributed by atoms with Gasteiger partial charge in [-0.2, -0.15) is 13.8 Å². The minimum atomic E-state index is -3.75. The summed E-state index contributed by atoms with van der Waals surface area (Å²) in [7, 11) is 0. The summed E-state index contributed by atoms with van der Waals surface area (Å²) in [5.41, 5.74) is 4.04. The number of nitrogen functional groups attached to an aromatic ring is 1. The number of aliphatic hydroxyl groups excluding tert-OH is 2. The van der Waals surface area contributed by atoms with Gasteiger partial charge in [0.05, 0.1) is 6.61 Å². The minimum absolute atomic E-state index is 0.364. The molecule has 1 unspecified atom stereocenters. The van der Waals surface area contributed by atoms with Crippen molar-refractivity contribution in [3.63, 3.8) is 0 Å². The van der Waals surface area contributed by atoms with Crippen LogP contribution in [0.5, 0.6) is 0 Å². The van der Waals surface area contributed by atoms with Gasteiger partial charge in [0.15, 0.2) is 6.10 Å². The van der Waals surface area contributed by atoms with Crippen LogP contribution in [0.3, 0.4) is 0 Å². The van der Waals surface area contributed by atoms with Gasteiger partial charge >= 0.3 is 11.6 Å². The van der Waals surface area contributed by atoms with Gasteiger partial charge in [-0.1, -0.05) is 0 Å². The van der Waals surface area contributed by atoms with E-state index < -0.39 is 36.7 Å². The molecule has 1 aliphatic heterocycles. The number of anilines is 1. The Hall–Kier alpha value is -1.65. The van der Waals surface area contributed by atoms with Crippen LogP contribution < -0.4 is 11.4 Å². The molecule has 8 nitrogen and oxygen atoms in total. The summed E-state index contributed by atoms with van der Waals surface area (Å²) < 4.78 is 32.5. The lowest BCUT2D eigenvalue weighted by Gasteiger charge is -2.20. The van der Waals surface area contributed by atoms with Crippen molar-refractivity contribution >= 4 is 5.95 Å². The van der Waals surface area contributed by atoms with Gasteiger partial charge in [0.1, 0.15) is 12.4 Å². The third-order valence-corrected chi connectivity index (χ3v) is 2.56. The van der Waals surface area contributed by atoms with E-state index in [1.54, 1.807) is 0 Å². The molecule has 18 heavy (non-hydrogen) atoms. The van der Waals surface area contributed by atoms with E-state index in [9.17, 15) is 18.7 Å². The highest BCUT2D eigenvalue weighted by Gasteiger charge is 2.59. The molecule has 0 saturated carbocycles. The highest BCUT2D eigenvalue weighted by atomic mass is 19.3. The third-order valence-electron chi connectivity index (χ3n) is 2.56. The molecule has 1 aromatic heterocycles. The van der Waals surface area contributed by atoms with Crippen LogP contribution in [0, 0.1) is 0 Å². The quantitative estimate of drug-likeness (QED) is 0.570. The van der Waals surface area contributed by atoms with Crippen LogP contribution in [-0.2, 0) is 4.74 Å². The van der Waals surface area contributed by atoms with Crippen LogP contribution >= 0.6 is 0 Å². The maximum absolute atomic E-state index is 13.7. The number of rotatable bonds is 2. The lowest BCUT2D eigenvalue weighted by atomic mass is 10.1. The second-order valence-corrected chi connectivity index (χ2v) is 3.73. The lowest BCUT2D eigenvalue weighted by molar-refractivity contribution is -0.141. The van der Waals surface area contributed by atoms with Gasteiger partial charge < -0.3 is 20.7 Å². The molecule has 0 bridgehead atoms. The molecular formula is C8H10F2N4O4. The summed E-state index contributed by atoms with van der Waals surface area (Å²) >= 11 is 0. The Morgan fingerprint density at radius 2 is 2.28 bits per heavy atom. The predicted molar refractivity (Wildman–Crippen MR) is 52.7 cm³/mol. The normalized spacial score (nSPS) is 30.6. The number of hydrogen-bond donors (Lipinski definition) is 3. The summed E-state index contributed by atoms with van der Waals surface area (Å²) in [5.74, 6) is -4.12. The Labute approximate surface area is 98.7 Å². The largest absolute Gasteiger partial charge is 0.394 e. The van der Waals surface area contributed by atoms with Crippen molar-refractivity contribution < 1.29 is 23.7 Å². The van der Waals surface area contributed by atoms with Gasteiger partial charge in [-0.3, -0.25) is 0 Å². The molecule has 0 aromatic carbocycles. The minimum Gasteiger partial charge on any atom is -0.394 e. The first-order valence-electron chi connectivity index (χ1n) is 4.90. The Morgan fingerprint density at radius 3 is 2.78 bits per heavy atom. The highest BCUT2D eigenvalue weighted by Crippen LogP contribution is 2.41. The number of aromatic nitrogens is 3. The fraction of sp³-hybridized carbons (Fsp3) is 0.625. The number of aliphatic hydroxyl groups is 2. The molecule has 1 aromatic rings. The van der Waals surface area contributed by atoms with Crippen molar-refractivity contribution in [2.75, 3.05) is 12.3 Å². The zero-order chi connectivity index (χ0) is 13.5. The van der Waals surface area contributed by atoms with Crippen LogP contribution in [0.15, 0.2) is 11.1 Å². The van der Waals surface area contributed by atoms with E-state index in [-0.39, 0.29) is 5.95 Å². The standard InChI is InChI=1S/C8H10F2N4O4/c9-8(10)4(16)3(1-15)18-5(8)14-2-12-6(11)13-7(14)17/h2-5,15-16H,1H2,(H2,11,13,17)/t3-,4?,5-/m1/s1. The number of hydrogen-bond acceptors (Lipinski definition) is 7. The number of nitrogens with zero attached hydrogens (tertiary/aromatic N) is 3. The Kier molecular flexibility index (Phi) is 3.00. The Balaban J connectivity index is 2.42. The van der Waals surface area contributed by atoms with E-state index >= 15 is 0 Å². The highest BCUT2D eigenvalue weighted by molar-refractivity contribution is 5.10. The van der Waals surface area contributed by atoms with E-state index in [1.807, 2.05) is 0 Å². The maximum Gasteiger partial charge on any atom is 0.354 e. The fourth-order valence-electron chi connectivity index (χ4n) is 1.63. The van der Waals surface area contributed by atoms with Gasteiger partial charge in [-0.25, -0.2) is 14.3 Å². The molecule has 0 radical (unpaired) electrons. The Bertz CT molecular complexity index is 508. The molecule has 4 N–H and O–H groups in total. The van der Waals surface area contributed by atoms with Crippen molar-refractivity contribution in [2.45, 2.75) is 24.4 Å². The zero-order valence-electron chi connectivity index (χ0n) is 8.90. The number of halogens is 2. The van der Waals surface area contributed by atoms with Crippen LogP contribution in [-0.4, -0.2) is 49.5 Å². The van der Waals surface area contributed by atoms with E-state index in [2.05, 4.69) is 9.97 Å². The molecule has 1 aliphatic rings. The molecule has 0 spiro atoms. The van der Waals surface area contributed by atoms with Crippen LogP contribution in [0.2, 0.25) is 0 Å². The SMILES string of the molecule is Nc1ncn([C@@H]2O[C@H](CO)C(O)C2(F)F)c(=O)n1. The smallest absolute Gasteiger partial charge is 0.354 e. The van der Waals surface area contributed by atoms with E-state index in [4.69, 9.17) is 15.6 Å². The average Bonchev–Trinajstić information content (AvgIpc) is 2.52. The summed E-state index contributed by atoms with van der Waals surface area (Å²) in [4.78, 5) is 18.0. The van der Waals surface area contributed by atoms with Gasteiger partial charge in [0.25, 0.3) is 0 Å². The van der Waals surface area contributed by atoms with E-state index in [1.165, 1.54) is 0 Å². The van der Waals surface area contributed by atoms with Crippen molar-refractivity contribution in [3.05, 3.63) is 16.8 Å². The summed E-state index contributed by atoms with van der Waals surface area (Å²) in [6.45, 7) is -0.808. The maximum atomic E-state index is 13.7. The third kappa shape index (κ3) is 1.83. The Morgan fingerprint density at radius 1 is 1.61 bits per heavy atom. The zero-order valence-corrected chi connectivity index (χ0v) is 8.90. The monoisotopic (exact) mass is 264 g/mol. The van der Waals surface area contributed by atoms with E-state index in [0.29, 0.717) is 4.57 Å². The first-order valence-corrected chi connectivity index (χ1v) is 4.90. The van der Waals surface area contributed by atoms with Gasteiger partial charge in [-0.15, -0.1) is 0 Å². The summed E-state index contributed by atoms with van der Waals surface area (Å²) in [6.07, 6.45) is -5.06. The van der Waals surface area contributed by atoms with Crippen LogP contribution in [0.4, 0.5) is 14.7 Å². The number of ether oxygens (including phenoxy) is 1. The molecule has 0 amide bonds. The number of nitrogens with two attached hydrogens (primary N) is 1. The number of alkyl halides is 2. The first kappa shape index (κ1) is 12.8. The van der Waals surface area contributed by atoms with Crippen LogP contribution in [0.25, 0.3) is 0 Å². The molecule has 2 heterocycles. The molecule has 0 aliphatic carbocycles. The topological polar surface area (TPSA) is 123 Å². The van der Waals surface area contributed by atoms with Gasteiger partial charge in [0.2, 0.25) is 12.2 Å². The summed E-state index contributed by atoms with van der Waals surface area (Å²) in [6, 6.07) is 0.